The molecule has 3 aromatic rings. The topological polar surface area (TPSA) is 94.8 Å². The van der Waals surface area contributed by atoms with Crippen LogP contribution in [0.15, 0.2) is 63.7 Å². The zero-order valence-electron chi connectivity index (χ0n) is 16.0. The molecule has 5 rings (SSSR count). The predicted molar refractivity (Wildman–Crippen MR) is 111 cm³/mol. The number of rotatable bonds is 2. The largest absolute Gasteiger partial charge is 0.340 e. The first-order valence-corrected chi connectivity index (χ1v) is 9.57. The normalized spacial score (nSPS) is 17.1. The van der Waals surface area contributed by atoms with Gasteiger partial charge < -0.3 is 5.32 Å². The minimum atomic E-state index is -0.586. The molecule has 0 radical (unpaired) electrons. The number of fused-ring (bicyclic) bond motifs is 3. The molecule has 1 atom stereocenters. The highest BCUT2D eigenvalue weighted by Gasteiger charge is 2.41. The van der Waals surface area contributed by atoms with E-state index in [0.717, 1.165) is 11.1 Å². The highest BCUT2D eigenvalue weighted by Crippen LogP contribution is 2.47. The zero-order chi connectivity index (χ0) is 20.3. The van der Waals surface area contributed by atoms with E-state index in [-0.39, 0.29) is 5.78 Å². The van der Waals surface area contributed by atoms with Crippen LogP contribution in [0.1, 0.15) is 58.3 Å². The maximum absolute atomic E-state index is 13.3. The summed E-state index contributed by atoms with van der Waals surface area (Å²) in [6.07, 6.45) is 0. The molecule has 0 fully saturated rings. The van der Waals surface area contributed by atoms with Gasteiger partial charge in [0.05, 0.1) is 11.3 Å². The smallest absolute Gasteiger partial charge is 0.327 e. The third-order valence-corrected chi connectivity index (χ3v) is 5.70. The van der Waals surface area contributed by atoms with Crippen LogP contribution in [0, 0.1) is 0 Å². The second kappa shape index (κ2) is 6.17. The first kappa shape index (κ1) is 17.4. The molecule has 1 aliphatic heterocycles. The van der Waals surface area contributed by atoms with Crippen molar-refractivity contribution in [2.45, 2.75) is 25.7 Å². The number of aromatic amines is 2. The number of nitrogens with one attached hydrogen (secondary N) is 3. The number of ketones is 1. The van der Waals surface area contributed by atoms with E-state index in [1.807, 2.05) is 42.5 Å². The van der Waals surface area contributed by atoms with Crippen LogP contribution in [0.3, 0.4) is 0 Å². The Hall–Kier alpha value is -3.67. The molecule has 0 amide bonds. The summed E-state index contributed by atoms with van der Waals surface area (Å²) in [7, 11) is 0. The van der Waals surface area contributed by atoms with E-state index in [0.29, 0.717) is 34.1 Å². The second-order valence-corrected chi connectivity index (χ2v) is 7.74. The summed E-state index contributed by atoms with van der Waals surface area (Å²) in [5.74, 6) is 0.0384. The summed E-state index contributed by atoms with van der Waals surface area (Å²) < 4.78 is 0. The van der Waals surface area contributed by atoms with Gasteiger partial charge in [-0.1, -0.05) is 62.4 Å². The fourth-order valence-corrected chi connectivity index (χ4v) is 4.26. The highest BCUT2D eigenvalue weighted by atomic mass is 16.2. The van der Waals surface area contributed by atoms with Crippen molar-refractivity contribution >= 4 is 17.3 Å². The number of carbonyl (C=O) groups excluding carboxylic acids is 1. The summed E-state index contributed by atoms with van der Waals surface area (Å²) in [6, 6.07) is 15.3. The fraction of sp³-hybridized carbons (Fsp3) is 0.174. The van der Waals surface area contributed by atoms with E-state index in [1.54, 1.807) is 6.07 Å². The van der Waals surface area contributed by atoms with Crippen molar-refractivity contribution in [3.05, 3.63) is 103 Å². The Kier molecular flexibility index (Phi) is 3.71. The van der Waals surface area contributed by atoms with Crippen LogP contribution < -0.4 is 16.6 Å². The van der Waals surface area contributed by atoms with Gasteiger partial charge in [-0.25, -0.2) is 4.79 Å². The lowest BCUT2D eigenvalue weighted by Crippen LogP contribution is -2.33. The molecule has 1 aliphatic carbocycles. The highest BCUT2D eigenvalue weighted by molar-refractivity contribution is 6.23. The minimum Gasteiger partial charge on any atom is -0.340 e. The number of aromatic nitrogens is 2. The average Bonchev–Trinajstić information content (AvgIpc) is 2.99. The number of hydrogen-bond donors (Lipinski definition) is 3. The van der Waals surface area contributed by atoms with Crippen molar-refractivity contribution in [2.75, 3.05) is 5.32 Å². The van der Waals surface area contributed by atoms with Gasteiger partial charge in [-0.2, -0.15) is 0 Å². The van der Waals surface area contributed by atoms with E-state index < -0.39 is 17.2 Å². The van der Waals surface area contributed by atoms with Gasteiger partial charge in [-0.3, -0.25) is 19.6 Å². The van der Waals surface area contributed by atoms with Gasteiger partial charge in [-0.05, 0) is 17.0 Å². The predicted octanol–water partition coefficient (Wildman–Crippen LogP) is 3.35. The van der Waals surface area contributed by atoms with Crippen LogP contribution in [0.4, 0.5) is 5.82 Å². The van der Waals surface area contributed by atoms with Crippen LogP contribution in [0.5, 0.6) is 0 Å². The molecule has 1 aromatic heterocycles. The molecule has 2 aliphatic rings. The molecule has 2 heterocycles. The van der Waals surface area contributed by atoms with Crippen LogP contribution in [-0.2, 0) is 0 Å². The molecule has 0 spiro atoms. The summed E-state index contributed by atoms with van der Waals surface area (Å²) in [5, 5.41) is 3.14. The summed E-state index contributed by atoms with van der Waals surface area (Å²) in [5.41, 5.74) is 3.84. The summed E-state index contributed by atoms with van der Waals surface area (Å²) in [4.78, 5) is 42.9. The maximum atomic E-state index is 13.3. The van der Waals surface area contributed by atoms with Gasteiger partial charge >= 0.3 is 5.69 Å². The average molecular weight is 385 g/mol. The first-order chi connectivity index (χ1) is 14.0. The number of allylic oxidation sites excluding steroid dienone is 1. The van der Waals surface area contributed by atoms with Crippen molar-refractivity contribution in [3.63, 3.8) is 0 Å². The van der Waals surface area contributed by atoms with Crippen LogP contribution >= 0.6 is 0 Å². The standard InChI is InChI=1S/C23H19N3O3/c1-11(2)12-7-9-13(10-8-12)16-17-19(14-5-3-4-6-15(14)20(17)27)24-21-18(16)22(28)26-23(29)25-21/h3-11,16H,1-2H3,(H3,24,25,26,28,29)/t16-/m0/s1. The van der Waals surface area contributed by atoms with Gasteiger partial charge in [0.15, 0.2) is 5.78 Å². The lowest BCUT2D eigenvalue weighted by Gasteiger charge is -2.27. The van der Waals surface area contributed by atoms with Crippen molar-refractivity contribution < 1.29 is 4.79 Å². The number of hydrogen-bond acceptors (Lipinski definition) is 4. The Labute approximate surface area is 166 Å². The molecule has 0 saturated carbocycles. The van der Waals surface area contributed by atoms with E-state index in [2.05, 4.69) is 29.1 Å². The molecule has 3 N–H and O–H groups in total. The molecule has 0 saturated heterocycles. The van der Waals surface area contributed by atoms with Crippen LogP contribution in [-0.4, -0.2) is 15.8 Å². The maximum Gasteiger partial charge on any atom is 0.327 e. The number of benzene rings is 2. The number of H-pyrrole nitrogens is 2. The minimum absolute atomic E-state index is 0.0997. The van der Waals surface area contributed by atoms with Crippen LogP contribution in [0.2, 0.25) is 0 Å². The third kappa shape index (κ3) is 2.52. The van der Waals surface area contributed by atoms with E-state index >= 15 is 0 Å². The molecule has 144 valence electrons. The monoisotopic (exact) mass is 385 g/mol. The van der Waals surface area contributed by atoms with Crippen molar-refractivity contribution in [2.24, 2.45) is 0 Å². The Balaban J connectivity index is 1.78. The molecule has 6 nitrogen and oxygen atoms in total. The van der Waals surface area contributed by atoms with Gasteiger partial charge in [0.25, 0.3) is 5.56 Å². The Morgan fingerprint density at radius 2 is 1.55 bits per heavy atom. The molecule has 6 heteroatoms. The molecular weight excluding hydrogens is 366 g/mol. The number of Topliss-reactive ketones (excluding diaryl/α,β-unsaturated/α-hetero) is 1. The Morgan fingerprint density at radius 3 is 2.24 bits per heavy atom. The lowest BCUT2D eigenvalue weighted by atomic mass is 9.81. The summed E-state index contributed by atoms with van der Waals surface area (Å²) >= 11 is 0. The molecule has 0 unspecified atom stereocenters. The van der Waals surface area contributed by atoms with E-state index in [1.165, 1.54) is 5.56 Å². The van der Waals surface area contributed by atoms with Gasteiger partial charge in [0, 0.05) is 22.6 Å². The van der Waals surface area contributed by atoms with Crippen molar-refractivity contribution in [1.82, 2.24) is 9.97 Å². The first-order valence-electron chi connectivity index (χ1n) is 9.57. The second-order valence-electron chi connectivity index (χ2n) is 7.74. The lowest BCUT2D eigenvalue weighted by molar-refractivity contribution is 0.103. The van der Waals surface area contributed by atoms with Crippen molar-refractivity contribution in [3.8, 4) is 0 Å². The van der Waals surface area contributed by atoms with Crippen molar-refractivity contribution in [1.29, 1.82) is 0 Å². The molecular formula is C23H19N3O3. The molecule has 2 aromatic carbocycles. The van der Waals surface area contributed by atoms with Crippen LogP contribution in [0.25, 0.3) is 5.70 Å². The van der Waals surface area contributed by atoms with E-state index in [9.17, 15) is 14.4 Å². The Bertz CT molecular complexity index is 1310. The SMILES string of the molecule is CC(C)c1ccc([C@H]2C3=C(Nc4[nH]c(=O)[nH]c(=O)c42)c2ccccc2C3=O)cc1. The third-order valence-electron chi connectivity index (χ3n) is 5.70. The molecule has 29 heavy (non-hydrogen) atoms. The number of carbonyl (C=O) groups is 1. The van der Waals surface area contributed by atoms with Gasteiger partial charge in [-0.15, -0.1) is 0 Å². The van der Waals surface area contributed by atoms with E-state index in [4.69, 9.17) is 0 Å². The van der Waals surface area contributed by atoms with Gasteiger partial charge in [0.1, 0.15) is 5.82 Å². The quantitative estimate of drug-likeness (QED) is 0.630. The summed E-state index contributed by atoms with van der Waals surface area (Å²) in [6.45, 7) is 4.23. The zero-order valence-corrected chi connectivity index (χ0v) is 16.0. The Morgan fingerprint density at radius 1 is 0.862 bits per heavy atom. The molecule has 0 bridgehead atoms. The van der Waals surface area contributed by atoms with Gasteiger partial charge in [0.2, 0.25) is 0 Å². The number of anilines is 1. The fourth-order valence-electron chi connectivity index (χ4n) is 4.26.